The fraction of sp³-hybridized carbons (Fsp3) is 0.533. The predicted octanol–water partition coefficient (Wildman–Crippen LogP) is 1.49. The SMILES string of the molecule is CNc1cc(C(=O)NCC(C)(C)C(N)=O)cc(C(C)C)n1. The topological polar surface area (TPSA) is 97.1 Å². The maximum atomic E-state index is 12.2. The van der Waals surface area contributed by atoms with E-state index in [1.165, 1.54) is 0 Å². The van der Waals surface area contributed by atoms with Crippen LogP contribution in [0.2, 0.25) is 0 Å². The lowest BCUT2D eigenvalue weighted by molar-refractivity contribution is -0.125. The van der Waals surface area contributed by atoms with Crippen LogP contribution in [-0.4, -0.2) is 30.4 Å². The molecule has 0 radical (unpaired) electrons. The highest BCUT2D eigenvalue weighted by Gasteiger charge is 2.25. The molecule has 4 N–H and O–H groups in total. The Morgan fingerprint density at radius 1 is 1.33 bits per heavy atom. The maximum Gasteiger partial charge on any atom is 0.251 e. The summed E-state index contributed by atoms with van der Waals surface area (Å²) in [4.78, 5) is 27.9. The van der Waals surface area contributed by atoms with Crippen molar-refractivity contribution in [1.29, 1.82) is 0 Å². The van der Waals surface area contributed by atoms with E-state index < -0.39 is 11.3 Å². The number of nitrogens with one attached hydrogen (secondary N) is 2. The molecule has 1 rings (SSSR count). The first-order valence-corrected chi connectivity index (χ1v) is 6.95. The van der Waals surface area contributed by atoms with Crippen LogP contribution in [0.5, 0.6) is 0 Å². The van der Waals surface area contributed by atoms with Crippen molar-refractivity contribution in [3.05, 3.63) is 23.4 Å². The molecule has 0 aromatic carbocycles. The third-order valence-corrected chi connectivity index (χ3v) is 3.31. The van der Waals surface area contributed by atoms with Gasteiger partial charge in [0.1, 0.15) is 5.82 Å². The number of rotatable bonds is 6. The number of amides is 2. The van der Waals surface area contributed by atoms with Gasteiger partial charge < -0.3 is 16.4 Å². The molecule has 0 saturated carbocycles. The van der Waals surface area contributed by atoms with Crippen molar-refractivity contribution in [2.45, 2.75) is 33.6 Å². The summed E-state index contributed by atoms with van der Waals surface area (Å²) in [5, 5.41) is 5.69. The first kappa shape index (κ1) is 16.9. The summed E-state index contributed by atoms with van der Waals surface area (Å²) in [5.74, 6) is 0.161. The van der Waals surface area contributed by atoms with Gasteiger partial charge in [0.05, 0.1) is 5.41 Å². The van der Waals surface area contributed by atoms with Gasteiger partial charge in [-0.15, -0.1) is 0 Å². The number of primary amides is 1. The van der Waals surface area contributed by atoms with Crippen LogP contribution in [0.4, 0.5) is 5.82 Å². The summed E-state index contributed by atoms with van der Waals surface area (Å²) in [6.07, 6.45) is 0. The highest BCUT2D eigenvalue weighted by atomic mass is 16.2. The van der Waals surface area contributed by atoms with Gasteiger partial charge in [0, 0.05) is 24.8 Å². The quantitative estimate of drug-likeness (QED) is 0.740. The van der Waals surface area contributed by atoms with Crippen molar-refractivity contribution in [2.24, 2.45) is 11.1 Å². The van der Waals surface area contributed by atoms with E-state index in [0.29, 0.717) is 11.4 Å². The largest absolute Gasteiger partial charge is 0.373 e. The standard InChI is InChI=1S/C15H24N4O2/c1-9(2)11-6-10(7-12(17-5)19-11)13(20)18-8-15(3,4)14(16)21/h6-7,9H,8H2,1-5H3,(H2,16,21)(H,17,19)(H,18,20). The van der Waals surface area contributed by atoms with E-state index >= 15 is 0 Å². The molecule has 0 bridgehead atoms. The molecule has 1 aromatic rings. The van der Waals surface area contributed by atoms with Crippen molar-refractivity contribution >= 4 is 17.6 Å². The maximum absolute atomic E-state index is 12.2. The number of pyridine rings is 1. The summed E-state index contributed by atoms with van der Waals surface area (Å²) in [6, 6.07) is 3.44. The van der Waals surface area contributed by atoms with E-state index in [0.717, 1.165) is 5.69 Å². The molecule has 0 aliphatic rings. The number of hydrogen-bond acceptors (Lipinski definition) is 4. The van der Waals surface area contributed by atoms with E-state index in [-0.39, 0.29) is 18.4 Å². The zero-order valence-corrected chi connectivity index (χ0v) is 13.3. The van der Waals surface area contributed by atoms with Crippen LogP contribution in [0.1, 0.15) is 49.7 Å². The molecule has 0 aliphatic carbocycles. The molecule has 116 valence electrons. The van der Waals surface area contributed by atoms with Gasteiger partial charge in [0.15, 0.2) is 0 Å². The van der Waals surface area contributed by atoms with Crippen molar-refractivity contribution in [3.63, 3.8) is 0 Å². The lowest BCUT2D eigenvalue weighted by Crippen LogP contribution is -2.42. The van der Waals surface area contributed by atoms with Gasteiger partial charge in [-0.3, -0.25) is 9.59 Å². The van der Waals surface area contributed by atoms with Gasteiger partial charge in [-0.25, -0.2) is 4.98 Å². The average molecular weight is 292 g/mol. The van der Waals surface area contributed by atoms with E-state index in [1.54, 1.807) is 33.0 Å². The van der Waals surface area contributed by atoms with E-state index in [2.05, 4.69) is 15.6 Å². The summed E-state index contributed by atoms with van der Waals surface area (Å²) in [7, 11) is 1.75. The smallest absolute Gasteiger partial charge is 0.251 e. The Hall–Kier alpha value is -2.11. The Morgan fingerprint density at radius 3 is 2.43 bits per heavy atom. The molecule has 1 heterocycles. The van der Waals surface area contributed by atoms with Gasteiger partial charge in [-0.2, -0.15) is 0 Å². The van der Waals surface area contributed by atoms with E-state index in [1.807, 2.05) is 13.8 Å². The number of carbonyl (C=O) groups is 2. The number of nitrogens with zero attached hydrogens (tertiary/aromatic N) is 1. The van der Waals surface area contributed by atoms with Crippen LogP contribution >= 0.6 is 0 Å². The Labute approximate surface area is 125 Å². The van der Waals surface area contributed by atoms with Crippen LogP contribution in [0.15, 0.2) is 12.1 Å². The molecule has 0 atom stereocenters. The fourth-order valence-corrected chi connectivity index (χ4v) is 1.60. The minimum Gasteiger partial charge on any atom is -0.373 e. The third kappa shape index (κ3) is 4.44. The van der Waals surface area contributed by atoms with Crippen LogP contribution in [0.25, 0.3) is 0 Å². The first-order chi connectivity index (χ1) is 9.67. The predicted molar refractivity (Wildman–Crippen MR) is 83.2 cm³/mol. The second-order valence-corrected chi connectivity index (χ2v) is 6.00. The molecule has 0 aliphatic heterocycles. The Bertz CT molecular complexity index is 538. The highest BCUT2D eigenvalue weighted by molar-refractivity contribution is 5.95. The van der Waals surface area contributed by atoms with Gasteiger partial charge in [-0.05, 0) is 31.9 Å². The zero-order chi connectivity index (χ0) is 16.2. The van der Waals surface area contributed by atoms with Gasteiger partial charge >= 0.3 is 0 Å². The lowest BCUT2D eigenvalue weighted by Gasteiger charge is -2.21. The average Bonchev–Trinajstić information content (AvgIpc) is 2.43. The van der Waals surface area contributed by atoms with Crippen molar-refractivity contribution in [1.82, 2.24) is 10.3 Å². The summed E-state index contributed by atoms with van der Waals surface area (Å²) >= 11 is 0. The summed E-state index contributed by atoms with van der Waals surface area (Å²) in [5.41, 5.74) is 5.86. The molecule has 6 heteroatoms. The number of nitrogens with two attached hydrogens (primary N) is 1. The zero-order valence-electron chi connectivity index (χ0n) is 13.3. The third-order valence-electron chi connectivity index (χ3n) is 3.31. The highest BCUT2D eigenvalue weighted by Crippen LogP contribution is 2.18. The molecule has 0 unspecified atom stereocenters. The second-order valence-electron chi connectivity index (χ2n) is 6.00. The van der Waals surface area contributed by atoms with Gasteiger partial charge in [0.2, 0.25) is 5.91 Å². The van der Waals surface area contributed by atoms with Crippen molar-refractivity contribution in [3.8, 4) is 0 Å². The lowest BCUT2D eigenvalue weighted by atomic mass is 9.92. The van der Waals surface area contributed by atoms with E-state index in [9.17, 15) is 9.59 Å². The summed E-state index contributed by atoms with van der Waals surface area (Å²) in [6.45, 7) is 7.61. The second kappa shape index (κ2) is 6.56. The van der Waals surface area contributed by atoms with Crippen molar-refractivity contribution in [2.75, 3.05) is 18.9 Å². The fourth-order valence-electron chi connectivity index (χ4n) is 1.60. The monoisotopic (exact) mass is 292 g/mol. The molecule has 1 aromatic heterocycles. The summed E-state index contributed by atoms with van der Waals surface area (Å²) < 4.78 is 0. The Morgan fingerprint density at radius 2 is 1.95 bits per heavy atom. The molecule has 0 saturated heterocycles. The molecular formula is C15H24N4O2. The minimum atomic E-state index is -0.782. The molecule has 6 nitrogen and oxygen atoms in total. The molecule has 21 heavy (non-hydrogen) atoms. The van der Waals surface area contributed by atoms with Crippen LogP contribution in [0.3, 0.4) is 0 Å². The van der Waals surface area contributed by atoms with Gasteiger partial charge in [-0.1, -0.05) is 13.8 Å². The molecule has 0 spiro atoms. The number of anilines is 1. The Kier molecular flexibility index (Phi) is 5.29. The van der Waals surface area contributed by atoms with Crippen LogP contribution < -0.4 is 16.4 Å². The number of carbonyl (C=O) groups excluding carboxylic acids is 2. The van der Waals surface area contributed by atoms with Crippen LogP contribution in [-0.2, 0) is 4.79 Å². The van der Waals surface area contributed by atoms with Crippen LogP contribution in [0, 0.1) is 5.41 Å². The van der Waals surface area contributed by atoms with E-state index in [4.69, 9.17) is 5.73 Å². The minimum absolute atomic E-state index is 0.190. The normalized spacial score (nSPS) is 11.3. The molecule has 0 fully saturated rings. The van der Waals surface area contributed by atoms with Gasteiger partial charge in [0.25, 0.3) is 5.91 Å². The van der Waals surface area contributed by atoms with Crippen molar-refractivity contribution < 1.29 is 9.59 Å². The number of aromatic nitrogens is 1. The molecular weight excluding hydrogens is 268 g/mol. The number of hydrogen-bond donors (Lipinski definition) is 3. The molecule has 2 amide bonds. The Balaban J connectivity index is 2.92. The first-order valence-electron chi connectivity index (χ1n) is 6.95.